The van der Waals surface area contributed by atoms with Crippen molar-refractivity contribution < 1.29 is 13.9 Å². The lowest BCUT2D eigenvalue weighted by atomic mass is 10.1. The number of hydrogen-bond acceptors (Lipinski definition) is 6. The molecule has 0 amide bonds. The molecule has 0 unspecified atom stereocenters. The number of fused-ring (bicyclic) bond motifs is 1. The molecule has 0 aliphatic carbocycles. The maximum Gasteiger partial charge on any atom is 0.193 e. The molecule has 1 aromatic heterocycles. The fraction of sp³-hybridized carbons (Fsp3) is 0.300. The third-order valence-electron chi connectivity index (χ3n) is 4.68. The first-order chi connectivity index (χ1) is 13.7. The Balaban J connectivity index is 1.47. The summed E-state index contributed by atoms with van der Waals surface area (Å²) in [6.45, 7) is 1.55. The lowest BCUT2D eigenvalue weighted by Crippen LogP contribution is -2.32. The highest BCUT2D eigenvalue weighted by molar-refractivity contribution is 7.99. The summed E-state index contributed by atoms with van der Waals surface area (Å²) in [6.07, 6.45) is 0.883. The summed E-state index contributed by atoms with van der Waals surface area (Å²) in [5, 5.41) is 9.39. The second-order valence-electron chi connectivity index (χ2n) is 6.49. The molecule has 4 rings (SSSR count). The van der Waals surface area contributed by atoms with Gasteiger partial charge in [0.2, 0.25) is 0 Å². The van der Waals surface area contributed by atoms with Gasteiger partial charge in [0, 0.05) is 12.1 Å². The molecule has 3 aromatic rings. The van der Waals surface area contributed by atoms with Crippen molar-refractivity contribution in [2.24, 2.45) is 0 Å². The Morgan fingerprint density at radius 1 is 1.07 bits per heavy atom. The number of rotatable bonds is 6. The van der Waals surface area contributed by atoms with Crippen LogP contribution >= 0.6 is 11.8 Å². The molecule has 1 aliphatic rings. The van der Waals surface area contributed by atoms with E-state index < -0.39 is 0 Å². The normalized spacial score (nSPS) is 14.0. The number of ether oxygens (including phenoxy) is 2. The molecular formula is C20H21FN4O2S. The number of benzene rings is 2. The van der Waals surface area contributed by atoms with E-state index in [2.05, 4.69) is 21.2 Å². The van der Waals surface area contributed by atoms with Crippen molar-refractivity contribution in [2.45, 2.75) is 18.2 Å². The molecule has 2 aromatic carbocycles. The van der Waals surface area contributed by atoms with Crippen LogP contribution in [-0.4, -0.2) is 46.3 Å². The lowest BCUT2D eigenvalue weighted by molar-refractivity contribution is 0.242. The molecule has 1 aliphatic heterocycles. The predicted molar refractivity (Wildman–Crippen MR) is 106 cm³/mol. The zero-order chi connectivity index (χ0) is 19.5. The van der Waals surface area contributed by atoms with Gasteiger partial charge in [-0.1, -0.05) is 30.0 Å². The number of thioether (sulfide) groups is 1. The van der Waals surface area contributed by atoms with E-state index in [0.29, 0.717) is 12.5 Å². The number of hydrogen-bond donors (Lipinski definition) is 0. The summed E-state index contributed by atoms with van der Waals surface area (Å²) in [6, 6.07) is 12.5. The fourth-order valence-electron chi connectivity index (χ4n) is 3.21. The van der Waals surface area contributed by atoms with Crippen molar-refractivity contribution in [1.29, 1.82) is 0 Å². The van der Waals surface area contributed by atoms with Crippen molar-refractivity contribution >= 4 is 11.8 Å². The standard InChI is InChI=1S/C20H21FN4O2S/c1-26-17-7-6-14(10-18(17)27-2)8-9-24-12-25-19(22-23-20(25)28-13-24)15-4-3-5-16(21)11-15/h3-7,10-11H,8-9,12-13H2,1-2H3. The maximum atomic E-state index is 13.6. The Labute approximate surface area is 167 Å². The second-order valence-corrected chi connectivity index (χ2v) is 7.41. The zero-order valence-electron chi connectivity index (χ0n) is 15.8. The van der Waals surface area contributed by atoms with Crippen LogP contribution < -0.4 is 9.47 Å². The molecule has 6 nitrogen and oxygen atoms in total. The number of methoxy groups -OCH3 is 2. The molecule has 28 heavy (non-hydrogen) atoms. The monoisotopic (exact) mass is 400 g/mol. The van der Waals surface area contributed by atoms with Crippen LogP contribution in [0, 0.1) is 5.82 Å². The second kappa shape index (κ2) is 8.20. The summed E-state index contributed by atoms with van der Waals surface area (Å²) < 4.78 is 26.3. The van der Waals surface area contributed by atoms with Gasteiger partial charge in [0.05, 0.1) is 26.8 Å². The number of aromatic nitrogens is 3. The smallest absolute Gasteiger partial charge is 0.193 e. The minimum atomic E-state index is -0.274. The van der Waals surface area contributed by atoms with E-state index >= 15 is 0 Å². The minimum absolute atomic E-state index is 0.274. The van der Waals surface area contributed by atoms with Crippen LogP contribution in [0.2, 0.25) is 0 Å². The molecule has 0 N–H and O–H groups in total. The maximum absolute atomic E-state index is 13.6. The van der Waals surface area contributed by atoms with E-state index in [1.165, 1.54) is 17.7 Å². The zero-order valence-corrected chi connectivity index (χ0v) is 16.6. The molecule has 0 saturated heterocycles. The van der Waals surface area contributed by atoms with Gasteiger partial charge >= 0.3 is 0 Å². The topological polar surface area (TPSA) is 52.4 Å². The van der Waals surface area contributed by atoms with Gasteiger partial charge in [-0.2, -0.15) is 0 Å². The van der Waals surface area contributed by atoms with E-state index in [1.54, 1.807) is 32.0 Å². The van der Waals surface area contributed by atoms with Crippen LogP contribution in [0.3, 0.4) is 0 Å². The Morgan fingerprint density at radius 2 is 1.93 bits per heavy atom. The molecule has 8 heteroatoms. The minimum Gasteiger partial charge on any atom is -0.493 e. The average molecular weight is 400 g/mol. The van der Waals surface area contributed by atoms with E-state index in [1.807, 2.05) is 22.8 Å². The Bertz CT molecular complexity index is 979. The Morgan fingerprint density at radius 3 is 2.71 bits per heavy atom. The van der Waals surface area contributed by atoms with Crippen LogP contribution in [0.15, 0.2) is 47.6 Å². The third kappa shape index (κ3) is 3.83. The highest BCUT2D eigenvalue weighted by atomic mass is 32.2. The highest BCUT2D eigenvalue weighted by Gasteiger charge is 2.22. The third-order valence-corrected chi connectivity index (χ3v) is 5.74. The fourth-order valence-corrected chi connectivity index (χ4v) is 4.12. The van der Waals surface area contributed by atoms with Crippen molar-refractivity contribution in [2.75, 3.05) is 26.6 Å². The van der Waals surface area contributed by atoms with E-state index in [9.17, 15) is 4.39 Å². The van der Waals surface area contributed by atoms with Crippen LogP contribution in [-0.2, 0) is 13.1 Å². The molecule has 0 fully saturated rings. The number of nitrogens with zero attached hydrogens (tertiary/aromatic N) is 4. The first-order valence-corrected chi connectivity index (χ1v) is 9.91. The SMILES string of the molecule is COc1ccc(CCN2CSc3nnc(-c4cccc(F)c4)n3C2)cc1OC. The molecule has 0 atom stereocenters. The van der Waals surface area contributed by atoms with Gasteiger partial charge in [0.25, 0.3) is 0 Å². The Kier molecular flexibility index (Phi) is 5.50. The summed E-state index contributed by atoms with van der Waals surface area (Å²) in [5.41, 5.74) is 1.92. The van der Waals surface area contributed by atoms with Gasteiger partial charge in [-0.3, -0.25) is 9.47 Å². The summed E-state index contributed by atoms with van der Waals surface area (Å²) in [5.74, 6) is 2.73. The number of halogens is 1. The first kappa shape index (κ1) is 18.8. The van der Waals surface area contributed by atoms with Crippen molar-refractivity contribution in [3.05, 3.63) is 53.8 Å². The van der Waals surface area contributed by atoms with Gasteiger partial charge in [-0.05, 0) is 36.2 Å². The highest BCUT2D eigenvalue weighted by Crippen LogP contribution is 2.30. The first-order valence-electron chi connectivity index (χ1n) is 8.93. The van der Waals surface area contributed by atoms with Crippen LogP contribution in [0.4, 0.5) is 4.39 Å². The molecule has 0 bridgehead atoms. The van der Waals surface area contributed by atoms with Crippen molar-refractivity contribution in [1.82, 2.24) is 19.7 Å². The van der Waals surface area contributed by atoms with E-state index in [-0.39, 0.29) is 5.82 Å². The molecule has 0 spiro atoms. The van der Waals surface area contributed by atoms with Gasteiger partial charge in [-0.15, -0.1) is 10.2 Å². The van der Waals surface area contributed by atoms with Gasteiger partial charge < -0.3 is 9.47 Å². The van der Waals surface area contributed by atoms with Gasteiger partial charge in [0.1, 0.15) is 5.82 Å². The van der Waals surface area contributed by atoms with Gasteiger partial charge in [-0.25, -0.2) is 4.39 Å². The predicted octanol–water partition coefficient (Wildman–Crippen LogP) is 3.67. The molecular weight excluding hydrogens is 379 g/mol. The quantitative estimate of drug-likeness (QED) is 0.629. The molecule has 2 heterocycles. The summed E-state index contributed by atoms with van der Waals surface area (Å²) >= 11 is 1.64. The van der Waals surface area contributed by atoms with E-state index in [4.69, 9.17) is 9.47 Å². The summed E-state index contributed by atoms with van der Waals surface area (Å²) in [7, 11) is 3.28. The van der Waals surface area contributed by atoms with Gasteiger partial charge in [0.15, 0.2) is 22.5 Å². The molecule has 0 saturated carbocycles. The van der Waals surface area contributed by atoms with E-state index in [0.717, 1.165) is 41.1 Å². The van der Waals surface area contributed by atoms with Crippen LogP contribution in [0.5, 0.6) is 11.5 Å². The molecule has 146 valence electrons. The average Bonchev–Trinajstić information content (AvgIpc) is 3.15. The van der Waals surface area contributed by atoms with Crippen LogP contribution in [0.1, 0.15) is 5.56 Å². The van der Waals surface area contributed by atoms with Crippen molar-refractivity contribution in [3.63, 3.8) is 0 Å². The summed E-state index contributed by atoms with van der Waals surface area (Å²) in [4.78, 5) is 2.32. The Hall–Kier alpha value is -2.58. The molecule has 0 radical (unpaired) electrons. The lowest BCUT2D eigenvalue weighted by Gasteiger charge is -2.27. The largest absolute Gasteiger partial charge is 0.493 e. The van der Waals surface area contributed by atoms with Crippen molar-refractivity contribution in [3.8, 4) is 22.9 Å². The van der Waals surface area contributed by atoms with Crippen LogP contribution in [0.25, 0.3) is 11.4 Å².